The Morgan fingerprint density at radius 3 is 2.67 bits per heavy atom. The molecule has 0 radical (unpaired) electrons. The van der Waals surface area contributed by atoms with Crippen molar-refractivity contribution >= 4 is 27.3 Å². The van der Waals surface area contributed by atoms with E-state index in [1.807, 2.05) is 11.4 Å². The minimum Gasteiger partial charge on any atom is -0.318 e. The first-order chi connectivity index (χ1) is 8.49. The van der Waals surface area contributed by atoms with Crippen LogP contribution in [0.4, 0.5) is 4.39 Å². The first kappa shape index (κ1) is 13.6. The summed E-state index contributed by atoms with van der Waals surface area (Å²) >= 11 is 4.65. The average Bonchev–Trinajstić information content (AvgIpc) is 2.81. The summed E-state index contributed by atoms with van der Waals surface area (Å²) in [5.74, 6) is 0.0763. The van der Waals surface area contributed by atoms with Crippen LogP contribution in [-0.2, 0) is 0 Å². The maximum absolute atomic E-state index is 13.5. The van der Waals surface area contributed by atoms with Gasteiger partial charge in [-0.25, -0.2) is 9.37 Å². The number of nitrogens with two attached hydrogens (primary N) is 1. The van der Waals surface area contributed by atoms with Gasteiger partial charge in [-0.2, -0.15) is 0 Å². The number of aromatic nitrogens is 1. The fraction of sp³-hybridized carbons (Fsp3) is 0.308. The number of thiazole rings is 1. The van der Waals surface area contributed by atoms with Crippen molar-refractivity contribution in [2.75, 3.05) is 0 Å². The van der Waals surface area contributed by atoms with Gasteiger partial charge in [0.1, 0.15) is 10.8 Å². The predicted octanol–water partition coefficient (Wildman–Crippen LogP) is 4.22. The van der Waals surface area contributed by atoms with Crippen LogP contribution in [0.5, 0.6) is 0 Å². The molecule has 0 aliphatic heterocycles. The third-order valence-electron chi connectivity index (χ3n) is 2.70. The van der Waals surface area contributed by atoms with E-state index in [1.54, 1.807) is 6.07 Å². The Morgan fingerprint density at radius 2 is 2.11 bits per heavy atom. The van der Waals surface area contributed by atoms with Gasteiger partial charge in [0.05, 0.1) is 16.2 Å². The molecule has 0 aliphatic carbocycles. The zero-order valence-corrected chi connectivity index (χ0v) is 12.6. The molecule has 18 heavy (non-hydrogen) atoms. The van der Waals surface area contributed by atoms with Crippen molar-refractivity contribution < 1.29 is 4.39 Å². The smallest absolute Gasteiger partial charge is 0.137 e. The van der Waals surface area contributed by atoms with Gasteiger partial charge >= 0.3 is 0 Å². The zero-order valence-electron chi connectivity index (χ0n) is 10.2. The van der Waals surface area contributed by atoms with E-state index in [9.17, 15) is 4.39 Å². The second-order valence-electron chi connectivity index (χ2n) is 4.42. The molecule has 0 aliphatic rings. The van der Waals surface area contributed by atoms with Crippen LogP contribution in [0.15, 0.2) is 28.1 Å². The molecule has 1 aromatic carbocycles. The van der Waals surface area contributed by atoms with E-state index >= 15 is 0 Å². The number of rotatable bonds is 3. The molecule has 0 saturated heterocycles. The monoisotopic (exact) mass is 328 g/mol. The van der Waals surface area contributed by atoms with Gasteiger partial charge in [0.25, 0.3) is 0 Å². The lowest BCUT2D eigenvalue weighted by molar-refractivity contribution is 0.616. The first-order valence-electron chi connectivity index (χ1n) is 5.65. The van der Waals surface area contributed by atoms with Gasteiger partial charge in [-0.15, -0.1) is 11.3 Å². The molecule has 1 atom stereocenters. The molecule has 0 bridgehead atoms. The van der Waals surface area contributed by atoms with Crippen molar-refractivity contribution in [1.29, 1.82) is 0 Å². The summed E-state index contributed by atoms with van der Waals surface area (Å²) in [5, 5.41) is 2.83. The minimum atomic E-state index is -0.370. The summed E-state index contributed by atoms with van der Waals surface area (Å²) in [7, 11) is 0. The summed E-state index contributed by atoms with van der Waals surface area (Å²) < 4.78 is 13.9. The SMILES string of the molecule is CC(C)c1csc(C(N)c2ccc(Br)c(F)c2)n1. The third kappa shape index (κ3) is 2.79. The lowest BCUT2D eigenvalue weighted by Gasteiger charge is -2.09. The van der Waals surface area contributed by atoms with Crippen molar-refractivity contribution in [3.05, 3.63) is 50.1 Å². The number of halogens is 2. The molecule has 96 valence electrons. The molecule has 1 aromatic heterocycles. The quantitative estimate of drug-likeness (QED) is 0.916. The van der Waals surface area contributed by atoms with Gasteiger partial charge in [0.15, 0.2) is 0 Å². The van der Waals surface area contributed by atoms with Crippen molar-refractivity contribution in [2.45, 2.75) is 25.8 Å². The predicted molar refractivity (Wildman–Crippen MR) is 76.3 cm³/mol. The van der Waals surface area contributed by atoms with Crippen LogP contribution in [0.25, 0.3) is 0 Å². The van der Waals surface area contributed by atoms with E-state index in [1.165, 1.54) is 17.4 Å². The molecule has 0 spiro atoms. The van der Waals surface area contributed by atoms with Crippen molar-refractivity contribution in [2.24, 2.45) is 5.73 Å². The fourth-order valence-electron chi connectivity index (χ4n) is 1.56. The highest BCUT2D eigenvalue weighted by atomic mass is 79.9. The van der Waals surface area contributed by atoms with E-state index in [0.29, 0.717) is 10.4 Å². The van der Waals surface area contributed by atoms with Crippen LogP contribution in [0.1, 0.15) is 42.1 Å². The molecule has 0 amide bonds. The summed E-state index contributed by atoms with van der Waals surface area (Å²) in [4.78, 5) is 4.50. The standard InChI is InChI=1S/C13H14BrFN2S/c1-7(2)11-6-18-13(17-11)12(16)8-3-4-9(14)10(15)5-8/h3-7,12H,16H2,1-2H3. The van der Waals surface area contributed by atoms with E-state index < -0.39 is 0 Å². The lowest BCUT2D eigenvalue weighted by atomic mass is 10.1. The molecule has 0 fully saturated rings. The maximum atomic E-state index is 13.5. The van der Waals surface area contributed by atoms with Crippen molar-refractivity contribution in [3.8, 4) is 0 Å². The Labute approximate surface area is 118 Å². The summed E-state index contributed by atoms with van der Waals surface area (Å²) in [6.07, 6.45) is 0. The third-order valence-corrected chi connectivity index (χ3v) is 4.29. The van der Waals surface area contributed by atoms with E-state index in [-0.39, 0.29) is 11.9 Å². The Kier molecular flexibility index (Phi) is 4.14. The van der Waals surface area contributed by atoms with E-state index in [0.717, 1.165) is 16.3 Å². The molecule has 1 unspecified atom stereocenters. The second kappa shape index (κ2) is 5.47. The molecule has 2 aromatic rings. The second-order valence-corrected chi connectivity index (χ2v) is 6.16. The average molecular weight is 329 g/mol. The van der Waals surface area contributed by atoms with Crippen LogP contribution in [0.3, 0.4) is 0 Å². The van der Waals surface area contributed by atoms with Crippen LogP contribution in [0.2, 0.25) is 0 Å². The Morgan fingerprint density at radius 1 is 1.39 bits per heavy atom. The fourth-order valence-corrected chi connectivity index (χ4v) is 2.81. The minimum absolute atomic E-state index is 0.302. The maximum Gasteiger partial charge on any atom is 0.137 e. The topological polar surface area (TPSA) is 38.9 Å². The highest BCUT2D eigenvalue weighted by Crippen LogP contribution is 2.27. The lowest BCUT2D eigenvalue weighted by Crippen LogP contribution is -2.12. The first-order valence-corrected chi connectivity index (χ1v) is 7.32. The van der Waals surface area contributed by atoms with Crippen molar-refractivity contribution in [1.82, 2.24) is 4.98 Å². The van der Waals surface area contributed by atoms with E-state index in [4.69, 9.17) is 5.73 Å². The van der Waals surface area contributed by atoms with Crippen LogP contribution in [0, 0.1) is 5.82 Å². The van der Waals surface area contributed by atoms with Gasteiger partial charge in [0, 0.05) is 5.38 Å². The normalized spacial score (nSPS) is 13.0. The van der Waals surface area contributed by atoms with Crippen molar-refractivity contribution in [3.63, 3.8) is 0 Å². The molecule has 2 nitrogen and oxygen atoms in total. The van der Waals surface area contributed by atoms with Gasteiger partial charge in [-0.3, -0.25) is 0 Å². The Balaban J connectivity index is 2.29. The van der Waals surface area contributed by atoms with Gasteiger partial charge < -0.3 is 5.73 Å². The number of hydrogen-bond acceptors (Lipinski definition) is 3. The largest absolute Gasteiger partial charge is 0.318 e. The van der Waals surface area contributed by atoms with Gasteiger partial charge in [-0.05, 0) is 39.5 Å². The molecular formula is C13H14BrFN2S. The molecule has 5 heteroatoms. The summed E-state index contributed by atoms with van der Waals surface area (Å²) in [6.45, 7) is 4.17. The number of nitrogens with zero attached hydrogens (tertiary/aromatic N) is 1. The van der Waals surface area contributed by atoms with Crippen LogP contribution < -0.4 is 5.73 Å². The number of benzene rings is 1. The Bertz CT molecular complexity index is 554. The summed E-state index contributed by atoms with van der Waals surface area (Å²) in [5.41, 5.74) is 7.88. The zero-order chi connectivity index (χ0) is 13.3. The molecular weight excluding hydrogens is 315 g/mol. The highest BCUT2D eigenvalue weighted by Gasteiger charge is 2.15. The van der Waals surface area contributed by atoms with E-state index in [2.05, 4.69) is 34.8 Å². The molecule has 0 saturated carbocycles. The van der Waals surface area contributed by atoms with Crippen LogP contribution in [-0.4, -0.2) is 4.98 Å². The van der Waals surface area contributed by atoms with Gasteiger partial charge in [-0.1, -0.05) is 19.9 Å². The molecule has 1 heterocycles. The van der Waals surface area contributed by atoms with Crippen LogP contribution >= 0.6 is 27.3 Å². The summed E-state index contributed by atoms with van der Waals surface area (Å²) in [6, 6.07) is 4.56. The molecule has 2 N–H and O–H groups in total. The molecule has 2 rings (SSSR count). The van der Waals surface area contributed by atoms with Gasteiger partial charge in [0.2, 0.25) is 0 Å². The Hall–Kier alpha value is -0.780. The number of hydrogen-bond donors (Lipinski definition) is 1. The highest BCUT2D eigenvalue weighted by molar-refractivity contribution is 9.10.